The number of hydrogen-bond acceptors (Lipinski definition) is 3. The molecular formula is C2H5ClN2O3. The van der Waals surface area contributed by atoms with Gasteiger partial charge in [-0.05, 0) is 0 Å². The van der Waals surface area contributed by atoms with Gasteiger partial charge in [0.1, 0.15) is 6.34 Å². The van der Waals surface area contributed by atoms with Crippen molar-refractivity contribution in [3.05, 3.63) is 0 Å². The van der Waals surface area contributed by atoms with E-state index in [-0.39, 0.29) is 12.4 Å². The fraction of sp³-hybridized carbons (Fsp3) is 0. The number of rotatable bonds is 1. The molecule has 0 aromatic rings. The Hall–Kier alpha value is -0.970. The standard InChI is InChI=1S/C2H4N2O3.ClH/c5-2(6)3-1-4-7;/h1,7H,(H,3,4)(H,5,6);1H. The zero-order chi connectivity index (χ0) is 5.70. The molecule has 0 aliphatic carbocycles. The van der Waals surface area contributed by atoms with Gasteiger partial charge in [-0.1, -0.05) is 5.16 Å². The molecule has 0 aliphatic heterocycles. The van der Waals surface area contributed by atoms with Crippen LogP contribution in [0.25, 0.3) is 0 Å². The average Bonchev–Trinajstić information content (AvgIpc) is 1.61. The number of nitrogens with one attached hydrogen (secondary N) is 1. The van der Waals surface area contributed by atoms with Gasteiger partial charge in [0.05, 0.1) is 0 Å². The first-order valence-electron chi connectivity index (χ1n) is 1.42. The van der Waals surface area contributed by atoms with Gasteiger partial charge in [0, 0.05) is 0 Å². The molecular weight excluding hydrogens is 135 g/mol. The smallest absolute Gasteiger partial charge is 0.409 e. The van der Waals surface area contributed by atoms with Gasteiger partial charge >= 0.3 is 6.09 Å². The normalized spacial score (nSPS) is 8.00. The Labute approximate surface area is 51.4 Å². The van der Waals surface area contributed by atoms with Gasteiger partial charge in [0.25, 0.3) is 0 Å². The lowest BCUT2D eigenvalue weighted by Crippen LogP contribution is -2.17. The van der Waals surface area contributed by atoms with Crippen LogP contribution in [0, 0.1) is 0 Å². The Kier molecular flexibility index (Phi) is 7.62. The molecule has 0 rings (SSSR count). The summed E-state index contributed by atoms with van der Waals surface area (Å²) in [5, 5.41) is 19.3. The van der Waals surface area contributed by atoms with E-state index in [1.165, 1.54) is 0 Å². The maximum Gasteiger partial charge on any atom is 0.409 e. The van der Waals surface area contributed by atoms with Gasteiger partial charge in [-0.3, -0.25) is 5.32 Å². The van der Waals surface area contributed by atoms with E-state index >= 15 is 0 Å². The minimum absolute atomic E-state index is 0. The monoisotopic (exact) mass is 140 g/mol. The lowest BCUT2D eigenvalue weighted by molar-refractivity contribution is 0.200. The van der Waals surface area contributed by atoms with Crippen LogP contribution in [0.4, 0.5) is 4.79 Å². The van der Waals surface area contributed by atoms with Crippen molar-refractivity contribution in [2.24, 2.45) is 5.16 Å². The number of hydrogen-bond donors (Lipinski definition) is 3. The van der Waals surface area contributed by atoms with Crippen LogP contribution in [0.3, 0.4) is 0 Å². The van der Waals surface area contributed by atoms with Crippen LogP contribution in [0.1, 0.15) is 0 Å². The lowest BCUT2D eigenvalue weighted by atomic mass is 11.1. The molecule has 8 heavy (non-hydrogen) atoms. The number of oxime groups is 1. The van der Waals surface area contributed by atoms with Gasteiger partial charge < -0.3 is 10.3 Å². The van der Waals surface area contributed by atoms with Crippen molar-refractivity contribution >= 4 is 24.8 Å². The molecule has 0 radical (unpaired) electrons. The summed E-state index contributed by atoms with van der Waals surface area (Å²) in [5.74, 6) is 0. The fourth-order valence-electron chi connectivity index (χ4n) is 0.0841. The van der Waals surface area contributed by atoms with E-state index in [1.54, 1.807) is 5.32 Å². The second-order valence-corrected chi connectivity index (χ2v) is 0.694. The molecule has 0 aromatic heterocycles. The van der Waals surface area contributed by atoms with Crippen LogP contribution < -0.4 is 5.32 Å². The minimum atomic E-state index is -1.25. The summed E-state index contributed by atoms with van der Waals surface area (Å²) in [5.41, 5.74) is 0. The molecule has 0 heterocycles. The molecule has 0 aromatic carbocycles. The van der Waals surface area contributed by atoms with E-state index < -0.39 is 6.09 Å². The van der Waals surface area contributed by atoms with Crippen LogP contribution in [-0.2, 0) is 0 Å². The summed E-state index contributed by atoms with van der Waals surface area (Å²) in [4.78, 5) is 9.44. The van der Waals surface area contributed by atoms with Gasteiger partial charge in [0.2, 0.25) is 0 Å². The van der Waals surface area contributed by atoms with E-state index in [2.05, 4.69) is 5.16 Å². The highest BCUT2D eigenvalue weighted by Crippen LogP contribution is 1.51. The molecule has 48 valence electrons. The Balaban J connectivity index is 0. The summed E-state index contributed by atoms with van der Waals surface area (Å²) in [6.07, 6.45) is -0.597. The van der Waals surface area contributed by atoms with Crippen molar-refractivity contribution in [3.8, 4) is 0 Å². The first-order valence-corrected chi connectivity index (χ1v) is 1.42. The van der Waals surface area contributed by atoms with Crippen LogP contribution in [0.5, 0.6) is 0 Å². The molecule has 0 saturated heterocycles. The van der Waals surface area contributed by atoms with Gasteiger partial charge in [0.15, 0.2) is 0 Å². The maximum atomic E-state index is 9.44. The molecule has 1 amide bonds. The van der Waals surface area contributed by atoms with Crippen molar-refractivity contribution in [2.75, 3.05) is 0 Å². The number of carboxylic acid groups (broad SMARTS) is 1. The van der Waals surface area contributed by atoms with E-state index in [1.807, 2.05) is 0 Å². The second kappa shape index (κ2) is 6.03. The number of halogens is 1. The van der Waals surface area contributed by atoms with Crippen molar-refractivity contribution in [1.29, 1.82) is 0 Å². The molecule has 0 atom stereocenters. The predicted octanol–water partition coefficient (Wildman–Crippen LogP) is 0.0933. The third-order valence-electron chi connectivity index (χ3n) is 0.246. The molecule has 0 fully saturated rings. The summed E-state index contributed by atoms with van der Waals surface area (Å²) in [6, 6.07) is 0. The molecule has 0 bridgehead atoms. The van der Waals surface area contributed by atoms with Gasteiger partial charge in [-0.15, -0.1) is 12.4 Å². The van der Waals surface area contributed by atoms with Crippen molar-refractivity contribution < 1.29 is 15.1 Å². The number of nitrogens with zero attached hydrogens (tertiary/aromatic N) is 1. The van der Waals surface area contributed by atoms with Gasteiger partial charge in [-0.2, -0.15) is 0 Å². The third-order valence-corrected chi connectivity index (χ3v) is 0.246. The highest BCUT2D eigenvalue weighted by atomic mass is 35.5. The first kappa shape index (κ1) is 10.1. The minimum Gasteiger partial charge on any atom is -0.465 e. The maximum absolute atomic E-state index is 9.44. The zero-order valence-electron chi connectivity index (χ0n) is 3.74. The summed E-state index contributed by atoms with van der Waals surface area (Å²) in [6.45, 7) is 0. The zero-order valence-corrected chi connectivity index (χ0v) is 4.55. The first-order chi connectivity index (χ1) is 3.27. The molecule has 5 nitrogen and oxygen atoms in total. The van der Waals surface area contributed by atoms with Crippen LogP contribution in [0.15, 0.2) is 5.16 Å². The largest absolute Gasteiger partial charge is 0.465 e. The third kappa shape index (κ3) is 8.90. The fourth-order valence-corrected chi connectivity index (χ4v) is 0.0841. The van der Waals surface area contributed by atoms with Gasteiger partial charge in [-0.25, -0.2) is 4.79 Å². The lowest BCUT2D eigenvalue weighted by Gasteiger charge is -1.81. The molecule has 0 spiro atoms. The SMILES string of the molecule is Cl.O=C(O)N/C=N\O. The van der Waals surface area contributed by atoms with E-state index in [9.17, 15) is 4.79 Å². The topological polar surface area (TPSA) is 81.9 Å². The molecule has 0 aliphatic rings. The Morgan fingerprint density at radius 2 is 2.25 bits per heavy atom. The molecule has 0 saturated carbocycles. The van der Waals surface area contributed by atoms with E-state index in [4.69, 9.17) is 10.3 Å². The number of amides is 1. The molecule has 6 heteroatoms. The van der Waals surface area contributed by atoms with Crippen LogP contribution in [0.2, 0.25) is 0 Å². The summed E-state index contributed by atoms with van der Waals surface area (Å²) < 4.78 is 0. The Morgan fingerprint density at radius 3 is 2.38 bits per heavy atom. The van der Waals surface area contributed by atoms with Crippen LogP contribution >= 0.6 is 12.4 Å². The predicted molar refractivity (Wildman–Crippen MR) is 28.7 cm³/mol. The van der Waals surface area contributed by atoms with Crippen molar-refractivity contribution in [2.45, 2.75) is 0 Å². The second-order valence-electron chi connectivity index (χ2n) is 0.694. The average molecular weight is 141 g/mol. The highest BCUT2D eigenvalue weighted by molar-refractivity contribution is 5.85. The molecule has 0 unspecified atom stereocenters. The van der Waals surface area contributed by atoms with Crippen LogP contribution in [-0.4, -0.2) is 22.7 Å². The highest BCUT2D eigenvalue weighted by Gasteiger charge is 1.83. The number of carbonyl (C=O) groups is 1. The van der Waals surface area contributed by atoms with E-state index in [0.29, 0.717) is 6.34 Å². The van der Waals surface area contributed by atoms with E-state index in [0.717, 1.165) is 0 Å². The summed E-state index contributed by atoms with van der Waals surface area (Å²) >= 11 is 0. The van der Waals surface area contributed by atoms with Crippen molar-refractivity contribution in [1.82, 2.24) is 5.32 Å². The van der Waals surface area contributed by atoms with Crippen molar-refractivity contribution in [3.63, 3.8) is 0 Å². The molecule has 3 N–H and O–H groups in total. The summed E-state index contributed by atoms with van der Waals surface area (Å²) in [7, 11) is 0. The Morgan fingerprint density at radius 1 is 1.75 bits per heavy atom. The Bertz CT molecular complexity index is 93.3. The quantitative estimate of drug-likeness (QED) is 0.209.